The summed E-state index contributed by atoms with van der Waals surface area (Å²) in [6.07, 6.45) is -0.978. The molecule has 172 valence electrons. The van der Waals surface area contributed by atoms with Crippen molar-refractivity contribution in [2.24, 2.45) is 0 Å². The van der Waals surface area contributed by atoms with E-state index in [4.69, 9.17) is 4.42 Å². The van der Waals surface area contributed by atoms with Gasteiger partial charge in [-0.25, -0.2) is 9.20 Å². The third kappa shape index (κ3) is 3.62. The third-order valence-electron chi connectivity index (χ3n) is 5.45. The van der Waals surface area contributed by atoms with Gasteiger partial charge in [-0.3, -0.25) is 14.6 Å². The van der Waals surface area contributed by atoms with Gasteiger partial charge in [0.1, 0.15) is 11.8 Å². The highest BCUT2D eigenvalue weighted by Crippen LogP contribution is 2.30. The van der Waals surface area contributed by atoms with E-state index in [0.29, 0.717) is 23.0 Å². The van der Waals surface area contributed by atoms with Crippen LogP contribution in [0, 0.1) is 6.92 Å². The fraction of sp³-hybridized carbons (Fsp3) is 0.316. The van der Waals surface area contributed by atoms with Gasteiger partial charge in [0.25, 0.3) is 17.5 Å². The standard InChI is InChI=1S/C19H17F3N8O3/c1-11-12(9-23-30(11)17-25-15(31)13-3-2-4-29(13)26-17)16(32)27-5-7-28(8-6-27)18-24-14(10-33-18)19(20,21)22/h2-4,9-10H,5-8H2,1H3,(H,25,26,31). The second-order valence-corrected chi connectivity index (χ2v) is 7.46. The van der Waals surface area contributed by atoms with Crippen molar-refractivity contribution in [3.8, 4) is 5.95 Å². The van der Waals surface area contributed by atoms with Crippen LogP contribution in [0.25, 0.3) is 11.5 Å². The van der Waals surface area contributed by atoms with Crippen molar-refractivity contribution in [2.75, 3.05) is 31.1 Å². The van der Waals surface area contributed by atoms with Gasteiger partial charge in [0.2, 0.25) is 5.95 Å². The van der Waals surface area contributed by atoms with Gasteiger partial charge in [-0.2, -0.15) is 23.3 Å². The van der Waals surface area contributed by atoms with Crippen molar-refractivity contribution >= 4 is 17.4 Å². The Kier molecular flexibility index (Phi) is 4.72. The predicted molar refractivity (Wildman–Crippen MR) is 107 cm³/mol. The van der Waals surface area contributed by atoms with E-state index in [1.54, 1.807) is 35.1 Å². The van der Waals surface area contributed by atoms with E-state index in [2.05, 4.69) is 20.2 Å². The summed E-state index contributed by atoms with van der Waals surface area (Å²) in [5, 5.41) is 8.51. The lowest BCUT2D eigenvalue weighted by atomic mass is 10.2. The summed E-state index contributed by atoms with van der Waals surface area (Å²) in [6, 6.07) is 3.19. The lowest BCUT2D eigenvalue weighted by molar-refractivity contribution is -0.141. The number of hydrogen-bond donors (Lipinski definition) is 1. The third-order valence-corrected chi connectivity index (χ3v) is 5.45. The van der Waals surface area contributed by atoms with E-state index < -0.39 is 11.9 Å². The molecular formula is C19H17F3N8O3. The molecule has 1 N–H and O–H groups in total. The number of carbonyl (C=O) groups excluding carboxylic acids is 1. The van der Waals surface area contributed by atoms with Crippen LogP contribution in [0.5, 0.6) is 0 Å². The summed E-state index contributed by atoms with van der Waals surface area (Å²) in [6.45, 7) is 2.72. The number of piperazine rings is 1. The molecule has 1 aliphatic heterocycles. The number of hydrogen-bond acceptors (Lipinski definition) is 7. The summed E-state index contributed by atoms with van der Waals surface area (Å²) in [7, 11) is 0. The molecule has 4 aromatic heterocycles. The minimum atomic E-state index is -4.58. The molecule has 1 fully saturated rings. The Hall–Kier alpha value is -4.10. The van der Waals surface area contributed by atoms with E-state index in [9.17, 15) is 22.8 Å². The highest BCUT2D eigenvalue weighted by atomic mass is 19.4. The largest absolute Gasteiger partial charge is 0.436 e. The quantitative estimate of drug-likeness (QED) is 0.490. The molecule has 5 heterocycles. The minimum absolute atomic E-state index is 0.131. The van der Waals surface area contributed by atoms with Gasteiger partial charge in [0.05, 0.1) is 17.5 Å². The first-order chi connectivity index (χ1) is 15.7. The number of rotatable bonds is 3. The van der Waals surface area contributed by atoms with Crippen molar-refractivity contribution in [1.29, 1.82) is 0 Å². The zero-order valence-corrected chi connectivity index (χ0v) is 17.2. The molecule has 1 aliphatic rings. The van der Waals surface area contributed by atoms with Gasteiger partial charge in [0, 0.05) is 32.4 Å². The Labute approximate surface area is 183 Å². The second-order valence-electron chi connectivity index (χ2n) is 7.46. The first-order valence-electron chi connectivity index (χ1n) is 9.92. The number of halogens is 3. The van der Waals surface area contributed by atoms with Crippen molar-refractivity contribution in [3.05, 3.63) is 58.1 Å². The zero-order chi connectivity index (χ0) is 23.3. The number of nitrogens with one attached hydrogen (secondary N) is 1. The summed E-state index contributed by atoms with van der Waals surface area (Å²) in [5.74, 6) is -0.124. The number of carbonyl (C=O) groups is 1. The average molecular weight is 462 g/mol. The second kappa shape index (κ2) is 7.50. The van der Waals surface area contributed by atoms with E-state index in [1.807, 2.05) is 0 Å². The molecule has 0 saturated carbocycles. The SMILES string of the molecule is Cc1c(C(=O)N2CCN(c3nc(C(F)(F)F)co3)CC2)cnn1-c1nn2cccc2c(=O)[nH]1. The Morgan fingerprint density at radius 3 is 2.67 bits per heavy atom. The molecule has 5 rings (SSSR count). The minimum Gasteiger partial charge on any atom is -0.431 e. The summed E-state index contributed by atoms with van der Waals surface area (Å²) < 4.78 is 46.0. The Bertz CT molecular complexity index is 1390. The van der Waals surface area contributed by atoms with Crippen LogP contribution >= 0.6 is 0 Å². The molecule has 1 saturated heterocycles. The number of oxazole rings is 1. The average Bonchev–Trinajstić information content (AvgIpc) is 3.52. The number of anilines is 1. The molecule has 0 aliphatic carbocycles. The van der Waals surface area contributed by atoms with Gasteiger partial charge < -0.3 is 14.2 Å². The monoisotopic (exact) mass is 462 g/mol. The van der Waals surface area contributed by atoms with Crippen LogP contribution in [0.15, 0.2) is 40.0 Å². The van der Waals surface area contributed by atoms with Crippen LogP contribution in [0.4, 0.5) is 19.2 Å². The van der Waals surface area contributed by atoms with Crippen LogP contribution in [0.2, 0.25) is 0 Å². The molecule has 0 radical (unpaired) electrons. The molecule has 33 heavy (non-hydrogen) atoms. The number of aromatic nitrogens is 6. The fourth-order valence-corrected chi connectivity index (χ4v) is 3.67. The van der Waals surface area contributed by atoms with Crippen LogP contribution < -0.4 is 10.5 Å². The Morgan fingerprint density at radius 2 is 1.97 bits per heavy atom. The van der Waals surface area contributed by atoms with Crippen LogP contribution in [-0.4, -0.2) is 66.3 Å². The molecule has 0 spiro atoms. The molecule has 0 unspecified atom stereocenters. The van der Waals surface area contributed by atoms with Crippen LogP contribution in [0.1, 0.15) is 21.7 Å². The van der Waals surface area contributed by atoms with E-state index in [-0.39, 0.29) is 49.6 Å². The van der Waals surface area contributed by atoms with Crippen molar-refractivity contribution in [1.82, 2.24) is 34.3 Å². The van der Waals surface area contributed by atoms with Crippen molar-refractivity contribution < 1.29 is 22.4 Å². The maximum atomic E-state index is 13.1. The summed E-state index contributed by atoms with van der Waals surface area (Å²) >= 11 is 0. The van der Waals surface area contributed by atoms with E-state index in [0.717, 1.165) is 0 Å². The van der Waals surface area contributed by atoms with Crippen LogP contribution in [-0.2, 0) is 6.18 Å². The lowest BCUT2D eigenvalue weighted by Gasteiger charge is -2.33. The smallest absolute Gasteiger partial charge is 0.431 e. The van der Waals surface area contributed by atoms with Crippen molar-refractivity contribution in [3.63, 3.8) is 0 Å². The fourth-order valence-electron chi connectivity index (χ4n) is 3.67. The molecule has 14 heteroatoms. The molecule has 0 aromatic carbocycles. The molecule has 0 bridgehead atoms. The van der Waals surface area contributed by atoms with E-state index >= 15 is 0 Å². The van der Waals surface area contributed by atoms with E-state index in [1.165, 1.54) is 15.4 Å². The highest BCUT2D eigenvalue weighted by molar-refractivity contribution is 5.95. The topological polar surface area (TPSA) is 118 Å². The Morgan fingerprint density at radius 1 is 1.21 bits per heavy atom. The molecule has 0 atom stereocenters. The number of amides is 1. The molecule has 4 aromatic rings. The summed E-state index contributed by atoms with van der Waals surface area (Å²) in [5.41, 5.74) is -0.243. The molecular weight excluding hydrogens is 445 g/mol. The maximum Gasteiger partial charge on any atom is 0.436 e. The highest BCUT2D eigenvalue weighted by Gasteiger charge is 2.36. The van der Waals surface area contributed by atoms with Gasteiger partial charge in [-0.05, 0) is 19.1 Å². The normalized spacial score (nSPS) is 14.9. The van der Waals surface area contributed by atoms with Gasteiger partial charge >= 0.3 is 6.18 Å². The maximum absolute atomic E-state index is 13.1. The predicted octanol–water partition coefficient (Wildman–Crippen LogP) is 1.49. The van der Waals surface area contributed by atoms with Gasteiger partial charge in [-0.1, -0.05) is 0 Å². The first kappa shape index (κ1) is 20.8. The number of H-pyrrole nitrogens is 1. The zero-order valence-electron chi connectivity index (χ0n) is 17.2. The Balaban J connectivity index is 1.31. The van der Waals surface area contributed by atoms with Crippen LogP contribution in [0.3, 0.4) is 0 Å². The number of aromatic amines is 1. The molecule has 1 amide bonds. The number of nitrogens with zero attached hydrogens (tertiary/aromatic N) is 7. The summed E-state index contributed by atoms with van der Waals surface area (Å²) in [4.78, 5) is 34.5. The van der Waals surface area contributed by atoms with Crippen molar-refractivity contribution in [2.45, 2.75) is 13.1 Å². The van der Waals surface area contributed by atoms with Gasteiger partial charge in [0.15, 0.2) is 5.69 Å². The first-order valence-corrected chi connectivity index (χ1v) is 9.92. The molecule has 11 nitrogen and oxygen atoms in total. The number of alkyl halides is 3. The lowest BCUT2D eigenvalue weighted by Crippen LogP contribution is -2.49. The van der Waals surface area contributed by atoms with Gasteiger partial charge in [-0.15, -0.1) is 5.10 Å². The number of fused-ring (bicyclic) bond motifs is 1.